The predicted molar refractivity (Wildman–Crippen MR) is 100 cm³/mol. The van der Waals surface area contributed by atoms with Gasteiger partial charge in [0.05, 0.1) is 0 Å². The highest BCUT2D eigenvalue weighted by atomic mass is 16.4. The van der Waals surface area contributed by atoms with Crippen molar-refractivity contribution >= 4 is 5.97 Å². The molecule has 0 amide bonds. The SMILES string of the molecule is C\C=C(/C=C/C(C)=C/C=C/C(C)=C/C(=O)O)C(C)(C)CCCC. The molecule has 0 aromatic heterocycles. The lowest BCUT2D eigenvalue weighted by Gasteiger charge is -2.26. The minimum Gasteiger partial charge on any atom is -0.478 e. The maximum Gasteiger partial charge on any atom is 0.328 e. The van der Waals surface area contributed by atoms with Gasteiger partial charge in [0.1, 0.15) is 0 Å². The Labute approximate surface area is 142 Å². The van der Waals surface area contributed by atoms with Crippen LogP contribution < -0.4 is 0 Å². The van der Waals surface area contributed by atoms with Crippen molar-refractivity contribution in [3.8, 4) is 0 Å². The van der Waals surface area contributed by atoms with Gasteiger partial charge in [-0.05, 0) is 43.8 Å². The van der Waals surface area contributed by atoms with Crippen molar-refractivity contribution in [2.45, 2.75) is 60.8 Å². The Morgan fingerprint density at radius 3 is 2.26 bits per heavy atom. The van der Waals surface area contributed by atoms with E-state index in [0.29, 0.717) is 0 Å². The Hall–Kier alpha value is -1.83. The van der Waals surface area contributed by atoms with Crippen LogP contribution in [0.25, 0.3) is 0 Å². The third-order valence-electron chi connectivity index (χ3n) is 3.84. The van der Waals surface area contributed by atoms with Crippen molar-refractivity contribution in [3.05, 3.63) is 59.3 Å². The Morgan fingerprint density at radius 1 is 1.09 bits per heavy atom. The molecule has 0 aliphatic carbocycles. The molecule has 1 N–H and O–H groups in total. The minimum atomic E-state index is -0.917. The first-order valence-electron chi connectivity index (χ1n) is 8.34. The average molecular weight is 316 g/mol. The summed E-state index contributed by atoms with van der Waals surface area (Å²) in [4.78, 5) is 10.5. The van der Waals surface area contributed by atoms with Gasteiger partial charge >= 0.3 is 5.97 Å². The number of carboxylic acid groups (broad SMARTS) is 1. The highest BCUT2D eigenvalue weighted by Gasteiger charge is 2.19. The van der Waals surface area contributed by atoms with E-state index in [9.17, 15) is 4.79 Å². The maximum absolute atomic E-state index is 10.5. The lowest BCUT2D eigenvalue weighted by atomic mass is 9.79. The quantitative estimate of drug-likeness (QED) is 0.404. The molecule has 0 aliphatic heterocycles. The van der Waals surface area contributed by atoms with Gasteiger partial charge in [0.25, 0.3) is 0 Å². The summed E-state index contributed by atoms with van der Waals surface area (Å²) in [6.45, 7) is 12.7. The smallest absolute Gasteiger partial charge is 0.328 e. The predicted octanol–water partition coefficient (Wildman–Crippen LogP) is 6.24. The zero-order valence-electron chi connectivity index (χ0n) is 15.5. The number of hydrogen-bond donors (Lipinski definition) is 1. The molecule has 0 heterocycles. The van der Waals surface area contributed by atoms with Crippen LogP contribution in [0.15, 0.2) is 59.3 Å². The van der Waals surface area contributed by atoms with Gasteiger partial charge in [0.15, 0.2) is 0 Å². The number of rotatable bonds is 9. The average Bonchev–Trinajstić information content (AvgIpc) is 2.44. The van der Waals surface area contributed by atoms with Gasteiger partial charge in [-0.15, -0.1) is 0 Å². The number of allylic oxidation sites excluding steroid dienone is 9. The lowest BCUT2D eigenvalue weighted by Crippen LogP contribution is -2.13. The molecule has 0 aromatic rings. The van der Waals surface area contributed by atoms with Gasteiger partial charge in [0.2, 0.25) is 0 Å². The second-order valence-electron chi connectivity index (χ2n) is 6.56. The van der Waals surface area contributed by atoms with E-state index in [1.807, 2.05) is 19.1 Å². The molecular weight excluding hydrogens is 284 g/mol. The van der Waals surface area contributed by atoms with E-state index in [1.165, 1.54) is 30.9 Å². The molecule has 0 aromatic carbocycles. The zero-order chi connectivity index (χ0) is 17.9. The minimum absolute atomic E-state index is 0.193. The molecule has 0 unspecified atom stereocenters. The van der Waals surface area contributed by atoms with Crippen LogP contribution in [0.2, 0.25) is 0 Å². The van der Waals surface area contributed by atoms with Crippen molar-refractivity contribution in [2.75, 3.05) is 0 Å². The molecule has 2 nitrogen and oxygen atoms in total. The van der Waals surface area contributed by atoms with Crippen molar-refractivity contribution in [1.29, 1.82) is 0 Å². The van der Waals surface area contributed by atoms with Crippen LogP contribution in [0.3, 0.4) is 0 Å². The van der Waals surface area contributed by atoms with Gasteiger partial charge in [-0.1, -0.05) is 75.6 Å². The summed E-state index contributed by atoms with van der Waals surface area (Å²) in [7, 11) is 0. The normalized spacial score (nSPS) is 15.0. The van der Waals surface area contributed by atoms with Crippen LogP contribution >= 0.6 is 0 Å². The topological polar surface area (TPSA) is 37.3 Å². The summed E-state index contributed by atoms with van der Waals surface area (Å²) in [6.07, 6.45) is 17.0. The van der Waals surface area contributed by atoms with Crippen molar-refractivity contribution in [3.63, 3.8) is 0 Å². The molecule has 0 aliphatic rings. The molecule has 0 rings (SSSR count). The summed E-state index contributed by atoms with van der Waals surface area (Å²) in [5.74, 6) is -0.917. The van der Waals surface area contributed by atoms with Crippen molar-refractivity contribution in [1.82, 2.24) is 0 Å². The summed E-state index contributed by atoms with van der Waals surface area (Å²) in [5, 5.41) is 8.66. The third-order valence-corrected chi connectivity index (χ3v) is 3.84. The molecule has 128 valence electrons. The molecule has 0 radical (unpaired) electrons. The largest absolute Gasteiger partial charge is 0.478 e. The zero-order valence-corrected chi connectivity index (χ0v) is 15.5. The maximum atomic E-state index is 10.5. The van der Waals surface area contributed by atoms with Gasteiger partial charge in [-0.25, -0.2) is 4.79 Å². The van der Waals surface area contributed by atoms with Crippen LogP contribution in [0, 0.1) is 5.41 Å². The van der Waals surface area contributed by atoms with Gasteiger partial charge in [-0.2, -0.15) is 0 Å². The van der Waals surface area contributed by atoms with Crippen molar-refractivity contribution in [2.24, 2.45) is 5.41 Å². The summed E-state index contributed by atoms with van der Waals surface area (Å²) < 4.78 is 0. The second-order valence-corrected chi connectivity index (χ2v) is 6.56. The van der Waals surface area contributed by atoms with Crippen LogP contribution in [0.1, 0.15) is 60.8 Å². The van der Waals surface area contributed by atoms with Crippen LogP contribution in [0.4, 0.5) is 0 Å². The molecule has 0 saturated carbocycles. The molecular formula is C21H32O2. The van der Waals surface area contributed by atoms with Crippen LogP contribution in [0.5, 0.6) is 0 Å². The number of unbranched alkanes of at least 4 members (excludes halogenated alkanes) is 1. The fraction of sp³-hybridized carbons (Fsp3) is 0.476. The molecule has 0 saturated heterocycles. The van der Waals surface area contributed by atoms with E-state index in [-0.39, 0.29) is 5.41 Å². The lowest BCUT2D eigenvalue weighted by molar-refractivity contribution is -0.131. The summed E-state index contributed by atoms with van der Waals surface area (Å²) in [6, 6.07) is 0. The Morgan fingerprint density at radius 2 is 1.74 bits per heavy atom. The van der Waals surface area contributed by atoms with Gasteiger partial charge < -0.3 is 5.11 Å². The highest BCUT2D eigenvalue weighted by molar-refractivity contribution is 5.81. The first kappa shape index (κ1) is 21.2. The molecule has 0 spiro atoms. The van der Waals surface area contributed by atoms with Gasteiger partial charge in [0, 0.05) is 6.08 Å². The number of carboxylic acids is 1. The van der Waals surface area contributed by atoms with E-state index >= 15 is 0 Å². The van der Waals surface area contributed by atoms with Crippen molar-refractivity contribution < 1.29 is 9.90 Å². The van der Waals surface area contributed by atoms with E-state index in [4.69, 9.17) is 5.11 Å². The molecule has 0 atom stereocenters. The Balaban J connectivity index is 4.89. The molecule has 0 bridgehead atoms. The fourth-order valence-electron chi connectivity index (χ4n) is 2.35. The number of aliphatic carboxylic acids is 1. The first-order chi connectivity index (χ1) is 10.7. The summed E-state index contributed by atoms with van der Waals surface area (Å²) in [5.41, 5.74) is 3.40. The van der Waals surface area contributed by atoms with E-state index in [1.54, 1.807) is 13.0 Å². The number of carbonyl (C=O) groups is 1. The molecule has 2 heteroatoms. The van der Waals surface area contributed by atoms with E-state index in [2.05, 4.69) is 45.9 Å². The fourth-order valence-corrected chi connectivity index (χ4v) is 2.35. The van der Waals surface area contributed by atoms with Gasteiger partial charge in [-0.3, -0.25) is 0 Å². The number of hydrogen-bond acceptors (Lipinski definition) is 1. The summed E-state index contributed by atoms with van der Waals surface area (Å²) >= 11 is 0. The molecule has 23 heavy (non-hydrogen) atoms. The third kappa shape index (κ3) is 9.72. The monoisotopic (exact) mass is 316 g/mol. The highest BCUT2D eigenvalue weighted by Crippen LogP contribution is 2.33. The van der Waals surface area contributed by atoms with E-state index < -0.39 is 5.97 Å². The Kier molecular flexibility index (Phi) is 9.96. The first-order valence-corrected chi connectivity index (χ1v) is 8.34. The van der Waals surface area contributed by atoms with E-state index in [0.717, 1.165) is 11.1 Å². The molecule has 0 fully saturated rings. The standard InChI is InChI=1S/C21H32O2/c1-7-9-15-21(5,6)19(8-2)14-13-17(3)11-10-12-18(4)16-20(22)23/h8,10-14,16H,7,9,15H2,1-6H3,(H,22,23)/b12-10+,14-13+,17-11+,18-16+,19-8+. The second kappa shape index (κ2) is 10.8. The van der Waals surface area contributed by atoms with Crippen LogP contribution in [-0.2, 0) is 4.79 Å². The Bertz CT molecular complexity index is 526. The van der Waals surface area contributed by atoms with Crippen LogP contribution in [-0.4, -0.2) is 11.1 Å².